The van der Waals surface area contributed by atoms with E-state index in [4.69, 9.17) is 0 Å². The maximum Gasteiger partial charge on any atom is 0.354 e. The number of carboxylic acid groups (broad SMARTS) is 1. The molecule has 9 heteroatoms. The molecule has 0 aliphatic carbocycles. The molecule has 0 atom stereocenters. The van der Waals surface area contributed by atoms with Crippen molar-refractivity contribution >= 4 is 5.97 Å². The molecule has 32 heavy (non-hydrogen) atoms. The highest BCUT2D eigenvalue weighted by Gasteiger charge is 2.31. The van der Waals surface area contributed by atoms with Crippen molar-refractivity contribution in [2.24, 2.45) is 0 Å². The van der Waals surface area contributed by atoms with E-state index >= 15 is 0 Å². The maximum atomic E-state index is 12.0. The number of aromatic nitrogens is 6. The Morgan fingerprint density at radius 1 is 1.03 bits per heavy atom. The number of aromatic carboxylic acids is 1. The van der Waals surface area contributed by atoms with E-state index < -0.39 is 11.6 Å². The van der Waals surface area contributed by atoms with Crippen LogP contribution in [0, 0.1) is 0 Å². The minimum absolute atomic E-state index is 0.0240. The third-order valence-electron chi connectivity index (χ3n) is 5.28. The molecule has 2 aromatic carbocycles. The van der Waals surface area contributed by atoms with Gasteiger partial charge in [-0.25, -0.2) is 14.9 Å². The second-order valence-corrected chi connectivity index (χ2v) is 8.05. The Morgan fingerprint density at radius 3 is 2.12 bits per heavy atom. The van der Waals surface area contributed by atoms with Gasteiger partial charge in [0, 0.05) is 18.5 Å². The normalized spacial score (nSPS) is 11.6. The Bertz CT molecular complexity index is 1220. The number of carbonyl (C=O) groups is 1. The van der Waals surface area contributed by atoms with Crippen molar-refractivity contribution in [2.75, 3.05) is 0 Å². The van der Waals surface area contributed by atoms with Gasteiger partial charge in [-0.05, 0) is 41.0 Å². The van der Waals surface area contributed by atoms with Gasteiger partial charge in [0.05, 0.1) is 0 Å². The molecule has 3 N–H and O–H groups in total. The Labute approximate surface area is 184 Å². The Hall–Kier alpha value is -3.85. The summed E-state index contributed by atoms with van der Waals surface area (Å²) in [5.74, 6) is 0.132. The summed E-state index contributed by atoms with van der Waals surface area (Å²) in [6, 6.07) is 15.8. The zero-order chi connectivity index (χ0) is 22.9. The first-order valence-corrected chi connectivity index (χ1v) is 10.3. The molecule has 2 aromatic heterocycles. The zero-order valence-corrected chi connectivity index (χ0v) is 18.1. The van der Waals surface area contributed by atoms with Crippen LogP contribution in [0.1, 0.15) is 48.3 Å². The predicted octanol–water partition coefficient (Wildman–Crippen LogP) is 3.27. The number of nitrogens with zero attached hydrogens (tertiary/aromatic N) is 5. The van der Waals surface area contributed by atoms with Gasteiger partial charge in [0.1, 0.15) is 17.1 Å². The van der Waals surface area contributed by atoms with Crippen molar-refractivity contribution in [1.82, 2.24) is 30.2 Å². The summed E-state index contributed by atoms with van der Waals surface area (Å²) in [4.78, 5) is 16.4. The molecule has 0 spiro atoms. The van der Waals surface area contributed by atoms with Gasteiger partial charge in [0.25, 0.3) is 0 Å². The van der Waals surface area contributed by atoms with Crippen LogP contribution in [0.25, 0.3) is 22.5 Å². The molecule has 0 unspecified atom stereocenters. The standard InChI is InChI=1S/C23H24N6O3/c1-4-18-24-20(23(2,3)32)19(22(30)31)29(18)13-14-5-7-15(8-6-14)16-9-11-17(12-10-16)21-25-27-28-26-21/h5-12,32H,4,13H2,1-3H3,(H,30,31)(H,25,26,27,28). The predicted molar refractivity (Wildman–Crippen MR) is 118 cm³/mol. The fourth-order valence-corrected chi connectivity index (χ4v) is 3.67. The molecule has 0 saturated heterocycles. The molecule has 4 aromatic rings. The minimum atomic E-state index is -1.35. The molecule has 0 aliphatic rings. The van der Waals surface area contributed by atoms with Crippen LogP contribution in [0.4, 0.5) is 0 Å². The molecule has 0 radical (unpaired) electrons. The molecule has 0 bridgehead atoms. The summed E-state index contributed by atoms with van der Waals surface area (Å²) >= 11 is 0. The topological polar surface area (TPSA) is 130 Å². The summed E-state index contributed by atoms with van der Waals surface area (Å²) < 4.78 is 1.67. The first-order chi connectivity index (χ1) is 15.3. The van der Waals surface area contributed by atoms with Crippen LogP contribution in [-0.2, 0) is 18.6 Å². The molecule has 4 rings (SSSR count). The van der Waals surface area contributed by atoms with Crippen LogP contribution in [0.5, 0.6) is 0 Å². The molecule has 0 aliphatic heterocycles. The van der Waals surface area contributed by atoms with Gasteiger partial charge in [0.2, 0.25) is 0 Å². The van der Waals surface area contributed by atoms with E-state index in [1.807, 2.05) is 55.5 Å². The zero-order valence-electron chi connectivity index (χ0n) is 18.1. The van der Waals surface area contributed by atoms with Crippen molar-refractivity contribution < 1.29 is 15.0 Å². The van der Waals surface area contributed by atoms with Crippen molar-refractivity contribution in [1.29, 1.82) is 0 Å². The van der Waals surface area contributed by atoms with Gasteiger partial charge in [-0.15, -0.1) is 5.10 Å². The van der Waals surface area contributed by atoms with Gasteiger partial charge in [-0.1, -0.05) is 55.5 Å². The van der Waals surface area contributed by atoms with Gasteiger partial charge in [0.15, 0.2) is 11.5 Å². The Morgan fingerprint density at radius 2 is 1.62 bits per heavy atom. The average Bonchev–Trinajstić information content (AvgIpc) is 3.42. The summed E-state index contributed by atoms with van der Waals surface area (Å²) in [7, 11) is 0. The third-order valence-corrected chi connectivity index (χ3v) is 5.28. The lowest BCUT2D eigenvalue weighted by molar-refractivity contribution is 0.0602. The number of rotatable bonds is 7. The van der Waals surface area contributed by atoms with Crippen molar-refractivity contribution in [3.8, 4) is 22.5 Å². The van der Waals surface area contributed by atoms with E-state index in [9.17, 15) is 15.0 Å². The number of aryl methyl sites for hydroxylation is 1. The Kier molecular flexibility index (Phi) is 5.58. The molecule has 0 amide bonds. The highest BCUT2D eigenvalue weighted by molar-refractivity contribution is 5.87. The number of aromatic amines is 1. The fraction of sp³-hybridized carbons (Fsp3) is 0.261. The van der Waals surface area contributed by atoms with Gasteiger partial charge in [-0.3, -0.25) is 0 Å². The average molecular weight is 432 g/mol. The van der Waals surface area contributed by atoms with E-state index in [1.165, 1.54) is 0 Å². The van der Waals surface area contributed by atoms with Crippen molar-refractivity contribution in [3.05, 3.63) is 71.3 Å². The van der Waals surface area contributed by atoms with Crippen LogP contribution in [0.15, 0.2) is 48.5 Å². The molecule has 2 heterocycles. The van der Waals surface area contributed by atoms with E-state index in [0.717, 1.165) is 22.3 Å². The number of nitrogens with one attached hydrogen (secondary N) is 1. The van der Waals surface area contributed by atoms with Crippen LogP contribution in [-0.4, -0.2) is 46.4 Å². The highest BCUT2D eigenvalue weighted by Crippen LogP contribution is 2.27. The minimum Gasteiger partial charge on any atom is -0.477 e. The van der Waals surface area contributed by atoms with Crippen LogP contribution in [0.2, 0.25) is 0 Å². The maximum absolute atomic E-state index is 12.0. The molecule has 0 saturated carbocycles. The second kappa shape index (κ2) is 8.35. The number of hydrogen-bond acceptors (Lipinski definition) is 6. The SMILES string of the molecule is CCc1nc(C(C)(C)O)c(C(=O)O)n1Cc1ccc(-c2ccc(-c3nnn[nH]3)cc2)cc1. The number of aliphatic hydroxyl groups is 1. The summed E-state index contributed by atoms with van der Waals surface area (Å²) in [5, 5.41) is 34.0. The van der Waals surface area contributed by atoms with E-state index in [-0.39, 0.29) is 11.4 Å². The lowest BCUT2D eigenvalue weighted by atomic mass is 10.0. The molecule has 9 nitrogen and oxygen atoms in total. The quantitative estimate of drug-likeness (QED) is 0.409. The van der Waals surface area contributed by atoms with E-state index in [2.05, 4.69) is 25.6 Å². The number of carboxylic acids is 1. The van der Waals surface area contributed by atoms with E-state index in [1.54, 1.807) is 18.4 Å². The largest absolute Gasteiger partial charge is 0.477 e. The number of hydrogen-bond donors (Lipinski definition) is 3. The number of imidazole rings is 1. The highest BCUT2D eigenvalue weighted by atomic mass is 16.4. The third kappa shape index (κ3) is 4.15. The van der Waals surface area contributed by atoms with Crippen LogP contribution in [0.3, 0.4) is 0 Å². The summed E-state index contributed by atoms with van der Waals surface area (Å²) in [6.07, 6.45) is 0.557. The number of tetrazole rings is 1. The number of benzene rings is 2. The molecule has 0 fully saturated rings. The Balaban J connectivity index is 1.61. The monoisotopic (exact) mass is 432 g/mol. The molecular weight excluding hydrogens is 408 g/mol. The molecular formula is C23H24N6O3. The smallest absolute Gasteiger partial charge is 0.354 e. The van der Waals surface area contributed by atoms with Gasteiger partial charge >= 0.3 is 5.97 Å². The fourth-order valence-electron chi connectivity index (χ4n) is 3.67. The van der Waals surface area contributed by atoms with Crippen molar-refractivity contribution in [2.45, 2.75) is 39.3 Å². The summed E-state index contributed by atoms with van der Waals surface area (Å²) in [5.41, 5.74) is 2.77. The van der Waals surface area contributed by atoms with Gasteiger partial charge < -0.3 is 14.8 Å². The van der Waals surface area contributed by atoms with Crippen molar-refractivity contribution in [3.63, 3.8) is 0 Å². The van der Waals surface area contributed by atoms with Gasteiger partial charge in [-0.2, -0.15) is 0 Å². The first-order valence-electron chi connectivity index (χ1n) is 10.3. The summed E-state index contributed by atoms with van der Waals surface area (Å²) in [6.45, 7) is 5.36. The van der Waals surface area contributed by atoms with Crippen LogP contribution < -0.4 is 0 Å². The first kappa shape index (κ1) is 21.4. The second-order valence-electron chi connectivity index (χ2n) is 8.05. The van der Waals surface area contributed by atoms with Crippen LogP contribution >= 0.6 is 0 Å². The lowest BCUT2D eigenvalue weighted by Gasteiger charge is -2.16. The lowest BCUT2D eigenvalue weighted by Crippen LogP contribution is -2.22. The molecule has 164 valence electrons. The number of H-pyrrole nitrogens is 1. The van der Waals surface area contributed by atoms with E-state index in [0.29, 0.717) is 24.6 Å².